The molecule has 0 aliphatic heterocycles. The van der Waals surface area contributed by atoms with E-state index in [2.05, 4.69) is 0 Å². The molecule has 2 aromatic carbocycles. The Labute approximate surface area is 160 Å². The van der Waals surface area contributed by atoms with Crippen molar-refractivity contribution < 1.29 is 19.4 Å². The van der Waals surface area contributed by atoms with Crippen molar-refractivity contribution in [2.24, 2.45) is 0 Å². The highest BCUT2D eigenvalue weighted by atomic mass is 16.5. The van der Waals surface area contributed by atoms with Gasteiger partial charge in [-0.1, -0.05) is 60.7 Å². The molecule has 5 nitrogen and oxygen atoms in total. The zero-order valence-corrected chi connectivity index (χ0v) is 15.9. The summed E-state index contributed by atoms with van der Waals surface area (Å²) in [7, 11) is 0. The van der Waals surface area contributed by atoms with E-state index in [0.717, 1.165) is 11.1 Å². The summed E-state index contributed by atoms with van der Waals surface area (Å²) < 4.78 is 5.27. The Morgan fingerprint density at radius 2 is 1.56 bits per heavy atom. The summed E-state index contributed by atoms with van der Waals surface area (Å²) in [6.45, 7) is 4.00. The van der Waals surface area contributed by atoms with E-state index >= 15 is 0 Å². The molecule has 0 aromatic heterocycles. The van der Waals surface area contributed by atoms with Gasteiger partial charge in [0.1, 0.15) is 12.1 Å². The van der Waals surface area contributed by atoms with E-state index < -0.39 is 18.1 Å². The van der Waals surface area contributed by atoms with Crippen LogP contribution in [0.15, 0.2) is 60.7 Å². The van der Waals surface area contributed by atoms with Crippen LogP contribution in [-0.2, 0) is 27.3 Å². The molecule has 0 fully saturated rings. The van der Waals surface area contributed by atoms with Crippen LogP contribution in [0.4, 0.5) is 0 Å². The van der Waals surface area contributed by atoms with Crippen molar-refractivity contribution >= 4 is 11.9 Å². The zero-order valence-electron chi connectivity index (χ0n) is 15.9. The van der Waals surface area contributed by atoms with Gasteiger partial charge in [-0.25, -0.2) is 0 Å². The summed E-state index contributed by atoms with van der Waals surface area (Å²) >= 11 is 0. The molecule has 0 saturated carbocycles. The Hall–Kier alpha value is -2.66. The lowest BCUT2D eigenvalue weighted by atomic mass is 10.0. The maximum Gasteiger partial charge on any atom is 0.323 e. The second-order valence-corrected chi connectivity index (χ2v) is 6.46. The molecule has 2 rings (SSSR count). The molecule has 0 aliphatic carbocycles. The average molecular weight is 369 g/mol. The third-order valence-corrected chi connectivity index (χ3v) is 4.57. The van der Waals surface area contributed by atoms with E-state index in [4.69, 9.17) is 4.74 Å². The van der Waals surface area contributed by atoms with Crippen LogP contribution in [0.3, 0.4) is 0 Å². The topological polar surface area (TPSA) is 66.8 Å². The van der Waals surface area contributed by atoms with Gasteiger partial charge in [-0.15, -0.1) is 0 Å². The maximum atomic E-state index is 12.7. The lowest BCUT2D eigenvalue weighted by Crippen LogP contribution is -2.49. The molecule has 27 heavy (non-hydrogen) atoms. The van der Waals surface area contributed by atoms with Crippen LogP contribution < -0.4 is 0 Å². The molecular formula is C22H27NO4. The van der Waals surface area contributed by atoms with Gasteiger partial charge < -0.3 is 9.84 Å². The minimum atomic E-state index is -0.958. The van der Waals surface area contributed by atoms with E-state index in [-0.39, 0.29) is 12.6 Å². The fourth-order valence-electron chi connectivity index (χ4n) is 3.06. The van der Waals surface area contributed by atoms with Crippen LogP contribution in [0.2, 0.25) is 0 Å². The number of hydrogen-bond donors (Lipinski definition) is 1. The van der Waals surface area contributed by atoms with Crippen LogP contribution in [0, 0.1) is 0 Å². The molecule has 0 amide bonds. The molecule has 0 heterocycles. The molecule has 5 heteroatoms. The number of ether oxygens (including phenoxy) is 1. The van der Waals surface area contributed by atoms with Gasteiger partial charge in [-0.2, -0.15) is 0 Å². The summed E-state index contributed by atoms with van der Waals surface area (Å²) in [5.41, 5.74) is 2.06. The third kappa shape index (κ3) is 6.22. The summed E-state index contributed by atoms with van der Waals surface area (Å²) in [5.74, 6) is -1.34. The van der Waals surface area contributed by atoms with Gasteiger partial charge >= 0.3 is 11.9 Å². The van der Waals surface area contributed by atoms with Crippen molar-refractivity contribution in [3.63, 3.8) is 0 Å². The monoisotopic (exact) mass is 369 g/mol. The normalized spacial score (nSPS) is 13.1. The zero-order chi connectivity index (χ0) is 19.6. The van der Waals surface area contributed by atoms with Crippen molar-refractivity contribution in [2.75, 3.05) is 6.61 Å². The summed E-state index contributed by atoms with van der Waals surface area (Å²) in [5, 5.41) is 9.58. The van der Waals surface area contributed by atoms with Gasteiger partial charge in [0.05, 0.1) is 6.61 Å². The number of nitrogens with zero attached hydrogens (tertiary/aromatic N) is 1. The lowest BCUT2D eigenvalue weighted by Gasteiger charge is -2.33. The number of hydrogen-bond acceptors (Lipinski definition) is 4. The maximum absolute atomic E-state index is 12.7. The van der Waals surface area contributed by atoms with E-state index in [9.17, 15) is 14.7 Å². The molecule has 144 valence electrons. The minimum Gasteiger partial charge on any atom is -0.480 e. The van der Waals surface area contributed by atoms with Gasteiger partial charge in [-0.05, 0) is 37.8 Å². The minimum absolute atomic E-state index is 0.265. The SMILES string of the molecule is CCOC(=O)[C@@H](CCc1ccccc1)N(Cc1ccccc1)[C@H](C)C(=O)O. The molecule has 2 atom stereocenters. The number of rotatable bonds is 10. The first-order chi connectivity index (χ1) is 13.0. The van der Waals surface area contributed by atoms with Crippen molar-refractivity contribution in [1.82, 2.24) is 4.90 Å². The molecule has 0 saturated heterocycles. The predicted molar refractivity (Wildman–Crippen MR) is 104 cm³/mol. The molecule has 0 radical (unpaired) electrons. The van der Waals surface area contributed by atoms with Crippen LogP contribution in [-0.4, -0.2) is 40.6 Å². The number of carboxylic acids is 1. The van der Waals surface area contributed by atoms with Gasteiger partial charge in [-0.3, -0.25) is 14.5 Å². The van der Waals surface area contributed by atoms with Crippen molar-refractivity contribution in [3.05, 3.63) is 71.8 Å². The highest BCUT2D eigenvalue weighted by Gasteiger charge is 2.33. The molecular weight excluding hydrogens is 342 g/mol. The van der Waals surface area contributed by atoms with Crippen LogP contribution in [0.25, 0.3) is 0 Å². The Kier molecular flexibility index (Phi) is 8.01. The highest BCUT2D eigenvalue weighted by Crippen LogP contribution is 2.19. The van der Waals surface area contributed by atoms with Gasteiger partial charge in [0.25, 0.3) is 0 Å². The quantitative estimate of drug-likeness (QED) is 0.649. The fraction of sp³-hybridized carbons (Fsp3) is 0.364. The van der Waals surface area contributed by atoms with Crippen LogP contribution in [0.1, 0.15) is 31.4 Å². The largest absolute Gasteiger partial charge is 0.480 e. The Balaban J connectivity index is 2.26. The summed E-state index contributed by atoms with van der Waals surface area (Å²) in [6.07, 6.45) is 1.16. The average Bonchev–Trinajstić information content (AvgIpc) is 2.68. The Morgan fingerprint density at radius 3 is 2.07 bits per heavy atom. The first kappa shape index (κ1) is 20.6. The molecule has 0 spiro atoms. The number of carboxylic acid groups (broad SMARTS) is 1. The lowest BCUT2D eigenvalue weighted by molar-refractivity contribution is -0.154. The number of benzene rings is 2. The number of carbonyl (C=O) groups is 2. The number of aliphatic carboxylic acids is 1. The van der Waals surface area contributed by atoms with Crippen molar-refractivity contribution in [3.8, 4) is 0 Å². The van der Waals surface area contributed by atoms with E-state index in [1.807, 2.05) is 60.7 Å². The van der Waals surface area contributed by atoms with Gasteiger partial charge in [0.15, 0.2) is 0 Å². The van der Waals surface area contributed by atoms with Crippen LogP contribution in [0.5, 0.6) is 0 Å². The van der Waals surface area contributed by atoms with E-state index in [1.54, 1.807) is 18.7 Å². The Bertz CT molecular complexity index is 718. The Morgan fingerprint density at radius 1 is 1.00 bits per heavy atom. The van der Waals surface area contributed by atoms with Crippen molar-refractivity contribution in [1.29, 1.82) is 0 Å². The predicted octanol–water partition coefficient (Wildman–Crippen LogP) is 3.53. The standard InChI is InChI=1S/C22H27NO4/c1-3-27-22(26)20(15-14-18-10-6-4-7-11-18)23(17(2)21(24)25)16-19-12-8-5-9-13-19/h4-13,17,20H,3,14-16H2,1-2H3,(H,24,25)/t17-,20-/m1/s1. The number of esters is 1. The second kappa shape index (κ2) is 10.5. The molecule has 2 aromatic rings. The van der Waals surface area contributed by atoms with Crippen LogP contribution >= 0.6 is 0 Å². The van der Waals surface area contributed by atoms with Gasteiger partial charge in [0, 0.05) is 6.54 Å². The highest BCUT2D eigenvalue weighted by molar-refractivity contribution is 5.78. The first-order valence-corrected chi connectivity index (χ1v) is 9.26. The summed E-state index contributed by atoms with van der Waals surface area (Å²) in [6, 6.07) is 18.0. The number of carbonyl (C=O) groups excluding carboxylic acids is 1. The number of aryl methyl sites for hydroxylation is 1. The van der Waals surface area contributed by atoms with Crippen molar-refractivity contribution in [2.45, 2.75) is 45.3 Å². The van der Waals surface area contributed by atoms with E-state index in [0.29, 0.717) is 19.4 Å². The molecule has 1 N–H and O–H groups in total. The second-order valence-electron chi connectivity index (χ2n) is 6.46. The molecule has 0 aliphatic rings. The molecule has 0 bridgehead atoms. The first-order valence-electron chi connectivity index (χ1n) is 9.26. The summed E-state index contributed by atoms with van der Waals surface area (Å²) in [4.78, 5) is 26.1. The molecule has 0 unspecified atom stereocenters. The van der Waals surface area contributed by atoms with Gasteiger partial charge in [0.2, 0.25) is 0 Å². The fourth-order valence-corrected chi connectivity index (χ4v) is 3.06. The smallest absolute Gasteiger partial charge is 0.323 e. The van der Waals surface area contributed by atoms with E-state index in [1.165, 1.54) is 0 Å². The third-order valence-electron chi connectivity index (χ3n) is 4.57.